The molecule has 0 aliphatic carbocycles. The van der Waals surface area contributed by atoms with Crippen molar-refractivity contribution in [3.63, 3.8) is 0 Å². The van der Waals surface area contributed by atoms with E-state index in [1.54, 1.807) is 42.3 Å². The van der Waals surface area contributed by atoms with E-state index in [9.17, 15) is 18.0 Å². The number of rotatable bonds is 10. The lowest BCUT2D eigenvalue weighted by molar-refractivity contribution is -0.137. The van der Waals surface area contributed by atoms with Gasteiger partial charge in [-0.1, -0.05) is 31.9 Å². The second kappa shape index (κ2) is 11.6. The van der Waals surface area contributed by atoms with Gasteiger partial charge < -0.3 is 19.5 Å². The molecule has 0 saturated carbocycles. The van der Waals surface area contributed by atoms with Crippen LogP contribution in [0.2, 0.25) is 0 Å². The molecule has 0 spiro atoms. The quantitative estimate of drug-likeness (QED) is 0.330. The first-order valence-corrected chi connectivity index (χ1v) is 11.3. The Morgan fingerprint density at radius 2 is 1.82 bits per heavy atom. The molecular weight excluding hydrogens is 443 g/mol. The number of nitrogens with zero attached hydrogens (tertiary/aromatic N) is 2. The summed E-state index contributed by atoms with van der Waals surface area (Å²) in [5.41, 5.74) is 1.38. The SMILES string of the molecule is CCCCCN(Cc1cccn1Cc1cccc(C(F)(F)F)c1)C(=O)Nc1ccc(OC)cc1. The molecule has 3 rings (SSSR count). The number of aromatic nitrogens is 1. The molecule has 1 heterocycles. The van der Waals surface area contributed by atoms with Crippen LogP contribution in [0.15, 0.2) is 66.9 Å². The summed E-state index contributed by atoms with van der Waals surface area (Å²) in [6, 6.07) is 15.9. The molecule has 2 aromatic carbocycles. The van der Waals surface area contributed by atoms with E-state index in [0.717, 1.165) is 31.0 Å². The van der Waals surface area contributed by atoms with Crippen LogP contribution in [0.4, 0.5) is 23.7 Å². The van der Waals surface area contributed by atoms with Crippen LogP contribution >= 0.6 is 0 Å². The van der Waals surface area contributed by atoms with Crippen molar-refractivity contribution in [3.05, 3.63) is 83.7 Å². The number of hydrogen-bond acceptors (Lipinski definition) is 2. The number of anilines is 1. The summed E-state index contributed by atoms with van der Waals surface area (Å²) in [5, 5.41) is 2.92. The van der Waals surface area contributed by atoms with Gasteiger partial charge in [0.1, 0.15) is 5.75 Å². The van der Waals surface area contributed by atoms with Crippen LogP contribution in [-0.2, 0) is 19.3 Å². The van der Waals surface area contributed by atoms with E-state index in [1.807, 2.05) is 22.9 Å². The third-order valence-corrected chi connectivity index (χ3v) is 5.54. The first kappa shape index (κ1) is 25.2. The number of alkyl halides is 3. The predicted molar refractivity (Wildman–Crippen MR) is 127 cm³/mol. The van der Waals surface area contributed by atoms with Crippen molar-refractivity contribution in [3.8, 4) is 5.75 Å². The fraction of sp³-hybridized carbons (Fsp3) is 0.346. The van der Waals surface area contributed by atoms with Gasteiger partial charge in [0.15, 0.2) is 0 Å². The highest BCUT2D eigenvalue weighted by Crippen LogP contribution is 2.29. The van der Waals surface area contributed by atoms with Gasteiger partial charge >= 0.3 is 12.2 Å². The summed E-state index contributed by atoms with van der Waals surface area (Å²) in [5.74, 6) is 0.699. The Morgan fingerprint density at radius 3 is 2.50 bits per heavy atom. The zero-order chi connectivity index (χ0) is 24.6. The van der Waals surface area contributed by atoms with E-state index < -0.39 is 11.7 Å². The Hall–Kier alpha value is -3.42. The molecule has 0 aliphatic heterocycles. The van der Waals surface area contributed by atoms with Crippen LogP contribution in [0, 0.1) is 0 Å². The lowest BCUT2D eigenvalue weighted by Gasteiger charge is -2.24. The maximum Gasteiger partial charge on any atom is 0.416 e. The van der Waals surface area contributed by atoms with Crippen molar-refractivity contribution < 1.29 is 22.7 Å². The standard InChI is InChI=1S/C26H30F3N3O2/c1-3-4-5-15-32(25(33)30-22-11-13-24(34-2)14-12-22)19-23-10-7-16-31(23)18-20-8-6-9-21(17-20)26(27,28)29/h6-14,16-17H,3-5,15,18-19H2,1-2H3,(H,30,33). The van der Waals surface area contributed by atoms with Crippen LogP contribution in [0.1, 0.15) is 43.0 Å². The topological polar surface area (TPSA) is 46.5 Å². The highest BCUT2D eigenvalue weighted by atomic mass is 19.4. The van der Waals surface area contributed by atoms with Gasteiger partial charge in [-0.2, -0.15) is 13.2 Å². The van der Waals surface area contributed by atoms with Gasteiger partial charge in [-0.25, -0.2) is 4.79 Å². The summed E-state index contributed by atoms with van der Waals surface area (Å²) in [6.45, 7) is 3.30. The highest BCUT2D eigenvalue weighted by Gasteiger charge is 2.30. The summed E-state index contributed by atoms with van der Waals surface area (Å²) in [6.07, 6.45) is 0.324. The number of ether oxygens (including phenoxy) is 1. The Balaban J connectivity index is 1.74. The predicted octanol–water partition coefficient (Wildman–Crippen LogP) is 6.79. The van der Waals surface area contributed by atoms with Crippen LogP contribution in [-0.4, -0.2) is 29.2 Å². The molecule has 0 aliphatic rings. The Bertz CT molecular complexity index is 1060. The molecule has 0 fully saturated rings. The lowest BCUT2D eigenvalue weighted by atomic mass is 10.1. The fourth-order valence-electron chi connectivity index (χ4n) is 3.67. The average Bonchev–Trinajstić information content (AvgIpc) is 3.25. The van der Waals surface area contributed by atoms with Crippen molar-refractivity contribution in [1.82, 2.24) is 9.47 Å². The third kappa shape index (κ3) is 7.04. The molecule has 1 N–H and O–H groups in total. The molecule has 2 amide bonds. The molecule has 8 heteroatoms. The Labute approximate surface area is 198 Å². The smallest absolute Gasteiger partial charge is 0.416 e. The summed E-state index contributed by atoms with van der Waals surface area (Å²) >= 11 is 0. The summed E-state index contributed by atoms with van der Waals surface area (Å²) in [4.78, 5) is 14.8. The number of urea groups is 1. The van der Waals surface area contributed by atoms with Gasteiger partial charge in [-0.05, 0) is 60.5 Å². The van der Waals surface area contributed by atoms with Crippen molar-refractivity contribution in [2.24, 2.45) is 0 Å². The van der Waals surface area contributed by atoms with Gasteiger partial charge in [-0.15, -0.1) is 0 Å². The minimum atomic E-state index is -4.38. The number of halogens is 3. The fourth-order valence-corrected chi connectivity index (χ4v) is 3.67. The number of benzene rings is 2. The average molecular weight is 474 g/mol. The molecular formula is C26H30F3N3O2. The number of carbonyl (C=O) groups is 1. The molecule has 0 saturated heterocycles. The third-order valence-electron chi connectivity index (χ3n) is 5.54. The minimum Gasteiger partial charge on any atom is -0.497 e. The van der Waals surface area contributed by atoms with Gasteiger partial charge in [0.2, 0.25) is 0 Å². The number of unbranched alkanes of at least 4 members (excludes halogenated alkanes) is 2. The van der Waals surface area contributed by atoms with E-state index in [2.05, 4.69) is 12.2 Å². The molecule has 0 atom stereocenters. The Morgan fingerprint density at radius 1 is 1.06 bits per heavy atom. The number of nitrogens with one attached hydrogen (secondary N) is 1. The molecule has 1 aromatic heterocycles. The van der Waals surface area contributed by atoms with E-state index in [1.165, 1.54) is 12.1 Å². The second-order valence-corrected chi connectivity index (χ2v) is 8.11. The molecule has 5 nitrogen and oxygen atoms in total. The van der Waals surface area contributed by atoms with Gasteiger partial charge in [0, 0.05) is 30.7 Å². The molecule has 0 radical (unpaired) electrons. The molecule has 0 bridgehead atoms. The van der Waals surface area contributed by atoms with Crippen molar-refractivity contribution >= 4 is 11.7 Å². The summed E-state index contributed by atoms with van der Waals surface area (Å²) < 4.78 is 46.3. The first-order valence-electron chi connectivity index (χ1n) is 11.3. The first-order chi connectivity index (χ1) is 16.3. The van der Waals surface area contributed by atoms with E-state index in [0.29, 0.717) is 30.1 Å². The molecule has 0 unspecified atom stereocenters. The van der Waals surface area contributed by atoms with Gasteiger partial charge in [0.25, 0.3) is 0 Å². The Kier molecular flexibility index (Phi) is 8.62. The van der Waals surface area contributed by atoms with Crippen LogP contribution < -0.4 is 10.1 Å². The molecule has 3 aromatic rings. The van der Waals surface area contributed by atoms with Crippen molar-refractivity contribution in [2.75, 3.05) is 19.0 Å². The number of hydrogen-bond donors (Lipinski definition) is 1. The number of carbonyl (C=O) groups excluding carboxylic acids is 1. The van der Waals surface area contributed by atoms with Gasteiger partial charge in [0.05, 0.1) is 19.2 Å². The van der Waals surface area contributed by atoms with Gasteiger partial charge in [-0.3, -0.25) is 0 Å². The number of amides is 2. The largest absolute Gasteiger partial charge is 0.497 e. The van der Waals surface area contributed by atoms with Crippen molar-refractivity contribution in [2.45, 2.75) is 45.5 Å². The maximum absolute atomic E-state index is 13.1. The normalized spacial score (nSPS) is 11.3. The van der Waals surface area contributed by atoms with Crippen molar-refractivity contribution in [1.29, 1.82) is 0 Å². The van der Waals surface area contributed by atoms with E-state index >= 15 is 0 Å². The minimum absolute atomic E-state index is 0.229. The van der Waals surface area contributed by atoms with Crippen LogP contribution in [0.25, 0.3) is 0 Å². The second-order valence-electron chi connectivity index (χ2n) is 8.11. The van der Waals surface area contributed by atoms with Crippen LogP contribution in [0.3, 0.4) is 0 Å². The zero-order valence-electron chi connectivity index (χ0n) is 19.4. The molecule has 182 valence electrons. The summed E-state index contributed by atoms with van der Waals surface area (Å²) in [7, 11) is 1.58. The lowest BCUT2D eigenvalue weighted by Crippen LogP contribution is -2.36. The highest BCUT2D eigenvalue weighted by molar-refractivity contribution is 5.89. The zero-order valence-corrected chi connectivity index (χ0v) is 19.4. The van der Waals surface area contributed by atoms with E-state index in [4.69, 9.17) is 4.74 Å². The number of methoxy groups -OCH3 is 1. The monoisotopic (exact) mass is 473 g/mol. The maximum atomic E-state index is 13.1. The van der Waals surface area contributed by atoms with Crippen LogP contribution in [0.5, 0.6) is 5.75 Å². The van der Waals surface area contributed by atoms with E-state index in [-0.39, 0.29) is 12.6 Å². The molecule has 34 heavy (non-hydrogen) atoms.